The zero-order valence-electron chi connectivity index (χ0n) is 29.3. The van der Waals surface area contributed by atoms with Gasteiger partial charge in [-0.1, -0.05) is 33.6 Å². The van der Waals surface area contributed by atoms with Gasteiger partial charge in [-0.3, -0.25) is 18.9 Å². The second-order valence-electron chi connectivity index (χ2n) is 14.0. The van der Waals surface area contributed by atoms with Gasteiger partial charge in [0.25, 0.3) is 0 Å². The maximum Gasteiger partial charge on any atom is 0.408 e. The van der Waals surface area contributed by atoms with Crippen LogP contribution in [0, 0.1) is 17.8 Å². The molecule has 0 aromatic heterocycles. The lowest BCUT2D eigenvalue weighted by Gasteiger charge is -2.39. The molecule has 4 amide bonds. The molecule has 2 heterocycles. The van der Waals surface area contributed by atoms with E-state index in [4.69, 9.17) is 13.8 Å². The van der Waals surface area contributed by atoms with Gasteiger partial charge in [-0.2, -0.15) is 0 Å². The number of aliphatic hydroxyl groups excluding tert-OH is 1. The van der Waals surface area contributed by atoms with Gasteiger partial charge in [-0.15, -0.1) is 0 Å². The number of nitrogens with zero attached hydrogens (tertiary/aromatic N) is 1. The lowest BCUT2D eigenvalue weighted by atomic mass is 9.82. The Kier molecular flexibility index (Phi) is 15.0. The fourth-order valence-corrected chi connectivity index (χ4v) is 9.08. The summed E-state index contributed by atoms with van der Waals surface area (Å²) in [6.07, 6.45) is 6.89. The van der Waals surface area contributed by atoms with Crippen molar-refractivity contribution in [3.63, 3.8) is 0 Å². The number of alkyl carbamates (subject to hydrolysis) is 1. The minimum absolute atomic E-state index is 0.00158. The largest absolute Gasteiger partial charge is 0.446 e. The first-order valence-corrected chi connectivity index (χ1v) is 19.3. The van der Waals surface area contributed by atoms with Crippen LogP contribution in [0.25, 0.3) is 0 Å². The summed E-state index contributed by atoms with van der Waals surface area (Å²) in [6, 6.07) is -2.18. The van der Waals surface area contributed by atoms with Crippen molar-refractivity contribution in [1.82, 2.24) is 20.9 Å². The molecule has 270 valence electrons. The van der Waals surface area contributed by atoms with Crippen LogP contribution in [0.4, 0.5) is 4.79 Å². The Morgan fingerprint density at radius 2 is 1.66 bits per heavy atom. The Morgan fingerprint density at radius 3 is 2.19 bits per heavy atom. The average molecular weight is 687 g/mol. The number of nitrogens with one attached hydrogen (secondary N) is 3. The van der Waals surface area contributed by atoms with Crippen molar-refractivity contribution in [2.24, 2.45) is 17.8 Å². The van der Waals surface area contributed by atoms with Gasteiger partial charge in [0.05, 0.1) is 19.3 Å². The Hall–Kier alpha value is -2.21. The highest BCUT2D eigenvalue weighted by molar-refractivity contribution is 7.54. The summed E-state index contributed by atoms with van der Waals surface area (Å²) in [7, 11) is -4.13. The molecular formula is C33H59N4O9P. The van der Waals surface area contributed by atoms with E-state index >= 15 is 0 Å². The highest BCUT2D eigenvalue weighted by atomic mass is 31.2. The number of ether oxygens (including phenoxy) is 1. The van der Waals surface area contributed by atoms with Gasteiger partial charge in [0, 0.05) is 31.5 Å². The first kappa shape index (κ1) is 39.2. The molecule has 0 aromatic carbocycles. The monoisotopic (exact) mass is 686 g/mol. The summed E-state index contributed by atoms with van der Waals surface area (Å²) in [6.45, 7) is 11.8. The zero-order valence-corrected chi connectivity index (χ0v) is 30.2. The lowest BCUT2D eigenvalue weighted by molar-refractivity contribution is -0.130. The minimum Gasteiger partial charge on any atom is -0.446 e. The third-order valence-electron chi connectivity index (χ3n) is 9.81. The Bertz CT molecular complexity index is 1100. The van der Waals surface area contributed by atoms with Crippen molar-refractivity contribution in [2.75, 3.05) is 26.3 Å². The topological polar surface area (TPSA) is 173 Å². The molecule has 4 atom stereocenters. The summed E-state index contributed by atoms with van der Waals surface area (Å²) in [4.78, 5) is 53.7. The fraction of sp³-hybridized carbons (Fsp3) is 0.879. The number of amides is 4. The van der Waals surface area contributed by atoms with Crippen LogP contribution in [-0.4, -0.2) is 89.7 Å². The summed E-state index contributed by atoms with van der Waals surface area (Å²) in [5, 5.41) is 20.1. The fourth-order valence-electron chi connectivity index (χ4n) is 7.34. The number of hydrogen-bond acceptors (Lipinski definition) is 9. The van der Waals surface area contributed by atoms with Gasteiger partial charge < -0.3 is 39.7 Å². The highest BCUT2D eigenvalue weighted by Crippen LogP contribution is 2.54. The first-order valence-electron chi connectivity index (χ1n) is 17.7. The summed E-state index contributed by atoms with van der Waals surface area (Å²) in [5.74, 6) is -2.53. The molecular weight excluding hydrogens is 627 g/mol. The lowest BCUT2D eigenvalue weighted by Crippen LogP contribution is -2.54. The van der Waals surface area contributed by atoms with Crippen LogP contribution in [0.3, 0.4) is 0 Å². The normalized spacial score (nSPS) is 24.8. The van der Waals surface area contributed by atoms with Gasteiger partial charge >= 0.3 is 13.7 Å². The molecule has 1 aliphatic carbocycles. The molecule has 0 bridgehead atoms. The zero-order chi connectivity index (χ0) is 34.8. The van der Waals surface area contributed by atoms with Crippen LogP contribution >= 0.6 is 7.60 Å². The number of carbonyl (C=O) groups excluding carboxylic acids is 4. The Morgan fingerprint density at radius 1 is 1.04 bits per heavy atom. The smallest absolute Gasteiger partial charge is 0.408 e. The average Bonchev–Trinajstić information content (AvgIpc) is 3.30. The second kappa shape index (κ2) is 18.0. The number of aliphatic hydroxyl groups is 1. The van der Waals surface area contributed by atoms with E-state index in [0.717, 1.165) is 32.1 Å². The number of carbonyl (C=O) groups is 4. The van der Waals surface area contributed by atoms with E-state index in [1.165, 1.54) is 13.3 Å². The molecule has 2 saturated heterocycles. The molecule has 47 heavy (non-hydrogen) atoms. The maximum atomic E-state index is 13.8. The van der Waals surface area contributed by atoms with Crippen molar-refractivity contribution >= 4 is 31.4 Å². The van der Waals surface area contributed by atoms with Crippen molar-refractivity contribution in [3.8, 4) is 0 Å². The molecule has 13 nitrogen and oxygen atoms in total. The van der Waals surface area contributed by atoms with E-state index in [9.17, 15) is 28.8 Å². The molecule has 3 unspecified atom stereocenters. The van der Waals surface area contributed by atoms with E-state index < -0.39 is 49.0 Å². The quantitative estimate of drug-likeness (QED) is 0.171. The molecule has 3 rings (SSSR count). The van der Waals surface area contributed by atoms with E-state index in [1.807, 2.05) is 13.8 Å². The van der Waals surface area contributed by atoms with Gasteiger partial charge in [0.2, 0.25) is 17.7 Å². The predicted molar refractivity (Wildman–Crippen MR) is 177 cm³/mol. The molecule has 3 fully saturated rings. The number of likely N-dealkylation sites (tertiary alicyclic amines) is 1. The van der Waals surface area contributed by atoms with Crippen molar-refractivity contribution in [1.29, 1.82) is 0 Å². The van der Waals surface area contributed by atoms with Crippen LogP contribution in [0.2, 0.25) is 0 Å². The van der Waals surface area contributed by atoms with Crippen LogP contribution < -0.4 is 16.0 Å². The third kappa shape index (κ3) is 11.2. The van der Waals surface area contributed by atoms with Crippen LogP contribution in [0.15, 0.2) is 0 Å². The van der Waals surface area contributed by atoms with E-state index in [-0.39, 0.29) is 43.5 Å². The number of rotatable bonds is 16. The van der Waals surface area contributed by atoms with Gasteiger partial charge in [-0.25, -0.2) is 4.79 Å². The van der Waals surface area contributed by atoms with Crippen LogP contribution in [0.1, 0.15) is 112 Å². The summed E-state index contributed by atoms with van der Waals surface area (Å²) in [5.41, 5.74) is -0.502. The first-order chi connectivity index (χ1) is 22.2. The molecule has 1 saturated carbocycles. The van der Waals surface area contributed by atoms with Crippen molar-refractivity contribution in [3.05, 3.63) is 0 Å². The van der Waals surface area contributed by atoms with E-state index in [0.29, 0.717) is 44.7 Å². The van der Waals surface area contributed by atoms with Crippen LogP contribution in [-0.2, 0) is 32.7 Å². The van der Waals surface area contributed by atoms with Gasteiger partial charge in [0.1, 0.15) is 12.1 Å². The highest BCUT2D eigenvalue weighted by Gasteiger charge is 2.49. The van der Waals surface area contributed by atoms with Crippen molar-refractivity contribution < 1.29 is 42.6 Å². The summed E-state index contributed by atoms with van der Waals surface area (Å²) < 4.78 is 30.3. The number of hydrogen-bond donors (Lipinski definition) is 4. The van der Waals surface area contributed by atoms with Crippen LogP contribution in [0.5, 0.6) is 0 Å². The van der Waals surface area contributed by atoms with E-state index in [1.54, 1.807) is 18.7 Å². The minimum atomic E-state index is -4.13. The molecule has 14 heteroatoms. The standard InChI is InChI=1S/C33H59N4O9P/c1-7-10-24-11-13-26(14-12-24)46-32(42)35-27(19-22(4)5)30(40)34-28(31(41)47(43,44-8-2)45-9-3)20-25-21-33(36-29(25)39)15-17-37(18-16-33)23(6)38/h22,24-28,31,41H,7-21H2,1-6H3,(H,34,40)(H,35,42)(H,36,39)/t24?,25?,26?,27-,28?,31?/m1/s1. The predicted octanol–water partition coefficient (Wildman–Crippen LogP) is 4.46. The SMILES string of the molecule is CCCC1CCC(OC(=O)N[C@H](CC(C)C)C(=O)NC(CC2CC3(CCN(C(C)=O)CC3)NC2=O)C(O)P(=O)(OCC)OCC)CC1. The Labute approximate surface area is 280 Å². The molecule has 3 aliphatic rings. The van der Waals surface area contributed by atoms with Crippen molar-refractivity contribution in [2.45, 2.75) is 142 Å². The molecule has 1 spiro atoms. The molecule has 4 N–H and O–H groups in total. The molecule has 0 radical (unpaired) electrons. The molecule has 0 aromatic rings. The van der Waals surface area contributed by atoms with Gasteiger partial charge in [-0.05, 0) is 83.5 Å². The number of piperidine rings is 1. The Balaban J connectivity index is 1.75. The van der Waals surface area contributed by atoms with E-state index in [2.05, 4.69) is 22.9 Å². The third-order valence-corrected chi connectivity index (χ3v) is 12.1. The maximum absolute atomic E-state index is 13.8. The summed E-state index contributed by atoms with van der Waals surface area (Å²) >= 11 is 0. The molecule has 2 aliphatic heterocycles. The van der Waals surface area contributed by atoms with Gasteiger partial charge in [0.15, 0.2) is 5.85 Å². The second-order valence-corrected chi connectivity index (χ2v) is 16.1.